The summed E-state index contributed by atoms with van der Waals surface area (Å²) in [5, 5.41) is 3.37. The van der Waals surface area contributed by atoms with Gasteiger partial charge in [-0.2, -0.15) is 13.2 Å². The molecule has 2 aliphatic rings. The summed E-state index contributed by atoms with van der Waals surface area (Å²) in [4.78, 5) is 15.1. The minimum Gasteiger partial charge on any atom is -0.490 e. The second-order valence-corrected chi connectivity index (χ2v) is 8.36. The normalized spacial score (nSPS) is 22.1. The van der Waals surface area contributed by atoms with Crippen molar-refractivity contribution >= 4 is 22.5 Å². The van der Waals surface area contributed by atoms with E-state index >= 15 is 0 Å². The van der Waals surface area contributed by atoms with Crippen LogP contribution in [-0.4, -0.2) is 22.7 Å². The molecule has 0 radical (unpaired) electrons. The second-order valence-electron chi connectivity index (χ2n) is 8.36. The predicted molar refractivity (Wildman–Crippen MR) is 108 cm³/mol. The number of fused-ring (bicyclic) bond motifs is 1. The molecule has 5 rings (SSSR count). The first-order valence-electron chi connectivity index (χ1n) is 10.2. The fraction of sp³-hybridized carbons (Fsp3) is 0.348. The lowest BCUT2D eigenvalue weighted by Crippen LogP contribution is -2.32. The molecule has 0 bridgehead atoms. The largest absolute Gasteiger partial charge is 0.490 e. The molecule has 3 aromatic rings. The standard InChI is InChI=1S/C23H20F4N2O2/c24-22(7-8-22)21(30)29-20-12-28-19-6-5-16(11-18(19)20)31-17-9-14(10-17)13-1-3-15(4-2-13)23(25,26)27/h1-6,11-12,14,17,28H,7-10H2,(H,29,30)/t14-,17+. The lowest BCUT2D eigenvalue weighted by atomic mass is 9.77. The second kappa shape index (κ2) is 7.00. The van der Waals surface area contributed by atoms with Crippen LogP contribution in [0.2, 0.25) is 0 Å². The number of carbonyl (C=O) groups excluding carboxylic acids is 1. The van der Waals surface area contributed by atoms with Crippen LogP contribution >= 0.6 is 0 Å². The van der Waals surface area contributed by atoms with Gasteiger partial charge in [-0.3, -0.25) is 4.79 Å². The lowest BCUT2D eigenvalue weighted by molar-refractivity contribution is -0.137. The number of anilines is 1. The van der Waals surface area contributed by atoms with Crippen molar-refractivity contribution in [1.82, 2.24) is 4.98 Å². The number of aromatic nitrogens is 1. The summed E-state index contributed by atoms with van der Waals surface area (Å²) < 4.78 is 58.1. The molecule has 2 aliphatic carbocycles. The van der Waals surface area contributed by atoms with Gasteiger partial charge < -0.3 is 15.0 Å². The van der Waals surface area contributed by atoms with E-state index in [1.807, 2.05) is 12.1 Å². The average Bonchev–Trinajstić information content (AvgIpc) is 3.34. The van der Waals surface area contributed by atoms with Gasteiger partial charge in [0.2, 0.25) is 0 Å². The zero-order chi connectivity index (χ0) is 21.8. The molecule has 2 aromatic carbocycles. The van der Waals surface area contributed by atoms with Gasteiger partial charge in [0.15, 0.2) is 5.67 Å². The SMILES string of the molecule is O=C(Nc1c[nH]c2ccc(O[C@H]3C[C@@H](c4ccc(C(F)(F)F)cc4)C3)cc12)C1(F)CC1. The maximum atomic E-state index is 13.9. The summed E-state index contributed by atoms with van der Waals surface area (Å²) in [6.07, 6.45) is -0.823. The Labute approximate surface area is 175 Å². The Kier molecular flexibility index (Phi) is 4.50. The third kappa shape index (κ3) is 3.86. The number of alkyl halides is 4. The summed E-state index contributed by atoms with van der Waals surface area (Å²) in [5.74, 6) is 0.162. The number of amides is 1. The van der Waals surface area contributed by atoms with Crippen LogP contribution in [0.15, 0.2) is 48.7 Å². The van der Waals surface area contributed by atoms with Crippen LogP contribution in [-0.2, 0) is 11.0 Å². The highest BCUT2D eigenvalue weighted by atomic mass is 19.4. The summed E-state index contributed by atoms with van der Waals surface area (Å²) in [6.45, 7) is 0. The van der Waals surface area contributed by atoms with Crippen LogP contribution in [0, 0.1) is 0 Å². The Bertz CT molecular complexity index is 1130. The fourth-order valence-electron chi connectivity index (χ4n) is 3.92. The molecule has 0 atom stereocenters. The van der Waals surface area contributed by atoms with E-state index in [1.165, 1.54) is 12.1 Å². The van der Waals surface area contributed by atoms with E-state index in [2.05, 4.69) is 10.3 Å². The van der Waals surface area contributed by atoms with Crippen molar-refractivity contribution in [3.63, 3.8) is 0 Å². The smallest absolute Gasteiger partial charge is 0.416 e. The fourth-order valence-corrected chi connectivity index (χ4v) is 3.92. The molecule has 1 amide bonds. The Hall–Kier alpha value is -3.03. The van der Waals surface area contributed by atoms with E-state index < -0.39 is 23.3 Å². The van der Waals surface area contributed by atoms with E-state index in [4.69, 9.17) is 4.74 Å². The van der Waals surface area contributed by atoms with Crippen LogP contribution in [0.1, 0.15) is 42.7 Å². The lowest BCUT2D eigenvalue weighted by Gasteiger charge is -2.35. The van der Waals surface area contributed by atoms with Gasteiger partial charge in [-0.25, -0.2) is 4.39 Å². The Morgan fingerprint density at radius 2 is 1.81 bits per heavy atom. The highest BCUT2D eigenvalue weighted by Crippen LogP contribution is 2.42. The number of nitrogens with one attached hydrogen (secondary N) is 2. The molecule has 2 saturated carbocycles. The van der Waals surface area contributed by atoms with Gasteiger partial charge >= 0.3 is 6.18 Å². The molecule has 0 spiro atoms. The average molecular weight is 432 g/mol. The molecule has 0 unspecified atom stereocenters. The monoisotopic (exact) mass is 432 g/mol. The quantitative estimate of drug-likeness (QED) is 0.490. The zero-order valence-corrected chi connectivity index (χ0v) is 16.4. The molecule has 4 nitrogen and oxygen atoms in total. The van der Waals surface area contributed by atoms with Gasteiger partial charge in [0.25, 0.3) is 5.91 Å². The van der Waals surface area contributed by atoms with Crippen LogP contribution in [0.3, 0.4) is 0 Å². The van der Waals surface area contributed by atoms with E-state index in [-0.39, 0.29) is 24.9 Å². The first-order chi connectivity index (χ1) is 14.7. The molecule has 0 saturated heterocycles. The van der Waals surface area contributed by atoms with Gasteiger partial charge in [-0.05, 0) is 67.5 Å². The Balaban J connectivity index is 1.22. The summed E-state index contributed by atoms with van der Waals surface area (Å²) in [6, 6.07) is 10.7. The third-order valence-electron chi connectivity index (χ3n) is 6.10. The molecule has 2 fully saturated rings. The van der Waals surface area contributed by atoms with Crippen molar-refractivity contribution in [3.8, 4) is 5.75 Å². The molecular weight excluding hydrogens is 412 g/mol. The summed E-state index contributed by atoms with van der Waals surface area (Å²) >= 11 is 0. The van der Waals surface area contributed by atoms with Gasteiger partial charge in [0.05, 0.1) is 17.4 Å². The van der Waals surface area contributed by atoms with E-state index in [1.54, 1.807) is 12.3 Å². The molecule has 1 heterocycles. The number of carbonyl (C=O) groups is 1. The molecule has 31 heavy (non-hydrogen) atoms. The predicted octanol–water partition coefficient (Wildman–Crippen LogP) is 5.95. The van der Waals surface area contributed by atoms with Crippen LogP contribution in [0.4, 0.5) is 23.2 Å². The van der Waals surface area contributed by atoms with Crippen LogP contribution < -0.4 is 10.1 Å². The number of aromatic amines is 1. The van der Waals surface area contributed by atoms with Gasteiger partial charge in [0.1, 0.15) is 5.75 Å². The number of rotatable bonds is 5. The Morgan fingerprint density at radius 1 is 1.10 bits per heavy atom. The summed E-state index contributed by atoms with van der Waals surface area (Å²) in [7, 11) is 0. The highest BCUT2D eigenvalue weighted by molar-refractivity contribution is 6.06. The topological polar surface area (TPSA) is 54.1 Å². The molecule has 162 valence electrons. The first-order valence-corrected chi connectivity index (χ1v) is 10.2. The van der Waals surface area contributed by atoms with Crippen LogP contribution in [0.25, 0.3) is 10.9 Å². The minimum absolute atomic E-state index is 0.0395. The van der Waals surface area contributed by atoms with Crippen molar-refractivity contribution in [3.05, 3.63) is 59.8 Å². The third-order valence-corrected chi connectivity index (χ3v) is 6.10. The van der Waals surface area contributed by atoms with Crippen molar-refractivity contribution in [2.45, 2.75) is 49.6 Å². The van der Waals surface area contributed by atoms with E-state index in [0.29, 0.717) is 24.3 Å². The van der Waals surface area contributed by atoms with Crippen molar-refractivity contribution < 1.29 is 27.1 Å². The van der Waals surface area contributed by atoms with Crippen molar-refractivity contribution in [2.75, 3.05) is 5.32 Å². The maximum Gasteiger partial charge on any atom is 0.416 e. The maximum absolute atomic E-state index is 13.9. The van der Waals surface area contributed by atoms with Gasteiger partial charge in [-0.15, -0.1) is 0 Å². The number of benzene rings is 2. The molecule has 8 heteroatoms. The van der Waals surface area contributed by atoms with E-state index in [0.717, 1.165) is 28.6 Å². The number of H-pyrrole nitrogens is 1. The Morgan fingerprint density at radius 3 is 2.45 bits per heavy atom. The van der Waals surface area contributed by atoms with Gasteiger partial charge in [-0.1, -0.05) is 12.1 Å². The number of hydrogen-bond donors (Lipinski definition) is 2. The number of ether oxygens (including phenoxy) is 1. The molecule has 1 aromatic heterocycles. The van der Waals surface area contributed by atoms with Crippen molar-refractivity contribution in [2.24, 2.45) is 0 Å². The molecule has 2 N–H and O–H groups in total. The number of halogens is 4. The van der Waals surface area contributed by atoms with Gasteiger partial charge in [0, 0.05) is 17.1 Å². The molecule has 0 aliphatic heterocycles. The highest BCUT2D eigenvalue weighted by Gasteiger charge is 2.51. The minimum atomic E-state index is -4.33. The van der Waals surface area contributed by atoms with E-state index in [9.17, 15) is 22.4 Å². The zero-order valence-electron chi connectivity index (χ0n) is 16.4. The first kappa shape index (κ1) is 19.9. The van der Waals surface area contributed by atoms with Crippen molar-refractivity contribution in [1.29, 1.82) is 0 Å². The number of hydrogen-bond acceptors (Lipinski definition) is 2. The van der Waals surface area contributed by atoms with Crippen LogP contribution in [0.5, 0.6) is 5.75 Å². The molecular formula is C23H20F4N2O2. The summed E-state index contributed by atoms with van der Waals surface area (Å²) in [5.41, 5.74) is -0.226.